The van der Waals surface area contributed by atoms with Crippen LogP contribution in [0.2, 0.25) is 0 Å². The zero-order chi connectivity index (χ0) is 13.0. The van der Waals surface area contributed by atoms with Crippen molar-refractivity contribution < 1.29 is 15.0 Å². The molecule has 2 rings (SSSR count). The Morgan fingerprint density at radius 3 is 2.83 bits per heavy atom. The van der Waals surface area contributed by atoms with E-state index in [0.29, 0.717) is 6.54 Å². The van der Waals surface area contributed by atoms with E-state index in [1.165, 1.54) is 10.5 Å². The first-order valence-corrected chi connectivity index (χ1v) is 6.45. The average Bonchev–Trinajstić information content (AvgIpc) is 2.77. The lowest BCUT2D eigenvalue weighted by molar-refractivity contribution is 0.202. The van der Waals surface area contributed by atoms with Crippen LogP contribution in [-0.4, -0.2) is 29.5 Å². The summed E-state index contributed by atoms with van der Waals surface area (Å²) in [4.78, 5) is 12.4. The number of rotatable bonds is 5. The molecule has 0 unspecified atom stereocenters. The van der Waals surface area contributed by atoms with Crippen LogP contribution in [0.25, 0.3) is 0 Å². The highest BCUT2D eigenvalue weighted by Crippen LogP contribution is 2.29. The third-order valence-corrected chi connectivity index (χ3v) is 3.39. The second-order valence-electron chi connectivity index (χ2n) is 4.68. The van der Waals surface area contributed by atoms with Crippen molar-refractivity contribution in [3.63, 3.8) is 0 Å². The van der Waals surface area contributed by atoms with Crippen LogP contribution in [0.3, 0.4) is 0 Å². The predicted molar refractivity (Wildman–Crippen MR) is 70.2 cm³/mol. The molecule has 1 heterocycles. The molecule has 0 spiro atoms. The van der Waals surface area contributed by atoms with Gasteiger partial charge in [-0.05, 0) is 42.9 Å². The van der Waals surface area contributed by atoms with Gasteiger partial charge in [-0.1, -0.05) is 18.6 Å². The molecule has 0 bridgehead atoms. The Morgan fingerprint density at radius 2 is 2.11 bits per heavy atom. The molecule has 1 aromatic carbocycles. The number of benzene rings is 1. The van der Waals surface area contributed by atoms with E-state index >= 15 is 0 Å². The standard InChI is InChI=1S/C14H19NO3/c16-9-3-1-2-4-11-5-6-13-12(10-11)7-8-15(13)14(17)18/h5-6,10,16H,1-4,7-9H2,(H,17,18). The van der Waals surface area contributed by atoms with Gasteiger partial charge in [-0.15, -0.1) is 0 Å². The van der Waals surface area contributed by atoms with Gasteiger partial charge in [0.2, 0.25) is 0 Å². The smallest absolute Gasteiger partial charge is 0.411 e. The molecule has 0 aliphatic carbocycles. The molecular weight excluding hydrogens is 230 g/mol. The van der Waals surface area contributed by atoms with Gasteiger partial charge in [0.15, 0.2) is 0 Å². The van der Waals surface area contributed by atoms with Gasteiger partial charge in [0.05, 0.1) is 5.69 Å². The Bertz CT molecular complexity index is 431. The van der Waals surface area contributed by atoms with E-state index in [0.717, 1.165) is 43.4 Å². The van der Waals surface area contributed by atoms with Crippen LogP contribution >= 0.6 is 0 Å². The maximum atomic E-state index is 11.0. The fourth-order valence-electron chi connectivity index (χ4n) is 2.43. The van der Waals surface area contributed by atoms with Crippen molar-refractivity contribution in [3.05, 3.63) is 29.3 Å². The van der Waals surface area contributed by atoms with Gasteiger partial charge in [0.25, 0.3) is 0 Å². The molecular formula is C14H19NO3. The minimum Gasteiger partial charge on any atom is -0.465 e. The summed E-state index contributed by atoms with van der Waals surface area (Å²) in [5, 5.41) is 17.7. The van der Waals surface area contributed by atoms with E-state index < -0.39 is 6.09 Å². The summed E-state index contributed by atoms with van der Waals surface area (Å²) >= 11 is 0. The third-order valence-electron chi connectivity index (χ3n) is 3.39. The Morgan fingerprint density at radius 1 is 1.28 bits per heavy atom. The number of aliphatic hydroxyl groups is 1. The highest BCUT2D eigenvalue weighted by Gasteiger charge is 2.23. The van der Waals surface area contributed by atoms with Crippen molar-refractivity contribution in [2.24, 2.45) is 0 Å². The van der Waals surface area contributed by atoms with Crippen LogP contribution in [0.1, 0.15) is 30.4 Å². The molecule has 4 nitrogen and oxygen atoms in total. The number of anilines is 1. The van der Waals surface area contributed by atoms with Crippen LogP contribution in [0.4, 0.5) is 10.5 Å². The normalized spacial score (nSPS) is 13.7. The topological polar surface area (TPSA) is 60.8 Å². The van der Waals surface area contributed by atoms with E-state index in [1.54, 1.807) is 0 Å². The fraction of sp³-hybridized carbons (Fsp3) is 0.500. The van der Waals surface area contributed by atoms with Crippen LogP contribution in [-0.2, 0) is 12.8 Å². The van der Waals surface area contributed by atoms with Gasteiger partial charge in [-0.25, -0.2) is 4.79 Å². The van der Waals surface area contributed by atoms with E-state index in [4.69, 9.17) is 10.2 Å². The Balaban J connectivity index is 1.99. The van der Waals surface area contributed by atoms with Gasteiger partial charge in [0, 0.05) is 13.2 Å². The molecule has 4 heteroatoms. The van der Waals surface area contributed by atoms with Crippen molar-refractivity contribution in [1.82, 2.24) is 0 Å². The number of amides is 1. The van der Waals surface area contributed by atoms with E-state index in [1.807, 2.05) is 12.1 Å². The van der Waals surface area contributed by atoms with Crippen molar-refractivity contribution >= 4 is 11.8 Å². The fourth-order valence-corrected chi connectivity index (χ4v) is 2.43. The summed E-state index contributed by atoms with van der Waals surface area (Å²) in [5.74, 6) is 0. The molecule has 18 heavy (non-hydrogen) atoms. The van der Waals surface area contributed by atoms with E-state index in [2.05, 4.69) is 6.07 Å². The van der Waals surface area contributed by atoms with Crippen LogP contribution in [0.15, 0.2) is 18.2 Å². The number of nitrogens with zero attached hydrogens (tertiary/aromatic N) is 1. The maximum Gasteiger partial charge on any atom is 0.411 e. The summed E-state index contributed by atoms with van der Waals surface area (Å²) in [7, 11) is 0. The summed E-state index contributed by atoms with van der Waals surface area (Å²) in [5.41, 5.74) is 3.23. The lowest BCUT2D eigenvalue weighted by Crippen LogP contribution is -2.26. The zero-order valence-corrected chi connectivity index (χ0v) is 10.4. The quantitative estimate of drug-likeness (QED) is 0.788. The number of aryl methyl sites for hydroxylation is 1. The molecule has 0 atom stereocenters. The predicted octanol–water partition coefficient (Wildman–Crippen LogP) is 2.43. The Hall–Kier alpha value is -1.55. The monoisotopic (exact) mass is 249 g/mol. The number of carboxylic acid groups (broad SMARTS) is 1. The molecule has 1 amide bonds. The zero-order valence-electron chi connectivity index (χ0n) is 10.4. The number of hydrogen-bond acceptors (Lipinski definition) is 2. The highest BCUT2D eigenvalue weighted by molar-refractivity contribution is 5.88. The minimum absolute atomic E-state index is 0.262. The van der Waals surface area contributed by atoms with Crippen molar-refractivity contribution in [2.75, 3.05) is 18.1 Å². The summed E-state index contributed by atoms with van der Waals surface area (Å²) in [6.07, 6.45) is 3.91. The van der Waals surface area contributed by atoms with Gasteiger partial charge < -0.3 is 10.2 Å². The largest absolute Gasteiger partial charge is 0.465 e. The summed E-state index contributed by atoms with van der Waals surface area (Å²) in [6, 6.07) is 6.05. The maximum absolute atomic E-state index is 11.0. The van der Waals surface area contributed by atoms with Crippen molar-refractivity contribution in [1.29, 1.82) is 0 Å². The lowest BCUT2D eigenvalue weighted by atomic mass is 10.0. The molecule has 0 saturated heterocycles. The first-order chi connectivity index (χ1) is 8.72. The summed E-state index contributed by atoms with van der Waals surface area (Å²) < 4.78 is 0. The molecule has 0 saturated carbocycles. The van der Waals surface area contributed by atoms with Gasteiger partial charge in [0.1, 0.15) is 0 Å². The Kier molecular flexibility index (Phi) is 4.20. The highest BCUT2D eigenvalue weighted by atomic mass is 16.4. The molecule has 1 aliphatic heterocycles. The van der Waals surface area contributed by atoms with Gasteiger partial charge in [-0.2, -0.15) is 0 Å². The molecule has 0 aromatic heterocycles. The molecule has 0 radical (unpaired) electrons. The molecule has 1 aliphatic rings. The van der Waals surface area contributed by atoms with Gasteiger partial charge in [-0.3, -0.25) is 4.90 Å². The number of carbonyl (C=O) groups is 1. The minimum atomic E-state index is -0.871. The first kappa shape index (κ1) is 12.9. The average molecular weight is 249 g/mol. The van der Waals surface area contributed by atoms with Crippen molar-refractivity contribution in [3.8, 4) is 0 Å². The third kappa shape index (κ3) is 2.82. The van der Waals surface area contributed by atoms with E-state index in [9.17, 15) is 4.79 Å². The molecule has 2 N–H and O–H groups in total. The number of unbranched alkanes of at least 4 members (excludes halogenated alkanes) is 2. The summed E-state index contributed by atoms with van der Waals surface area (Å²) in [6.45, 7) is 0.830. The Labute approximate surface area is 107 Å². The van der Waals surface area contributed by atoms with Crippen molar-refractivity contribution in [2.45, 2.75) is 32.1 Å². The van der Waals surface area contributed by atoms with Crippen LogP contribution in [0, 0.1) is 0 Å². The number of aliphatic hydroxyl groups excluding tert-OH is 1. The molecule has 0 fully saturated rings. The lowest BCUT2D eigenvalue weighted by Gasteiger charge is -2.12. The first-order valence-electron chi connectivity index (χ1n) is 6.45. The SMILES string of the molecule is O=C(O)N1CCc2cc(CCCCCO)ccc21. The van der Waals surface area contributed by atoms with Crippen LogP contribution in [0.5, 0.6) is 0 Å². The van der Waals surface area contributed by atoms with E-state index in [-0.39, 0.29) is 6.61 Å². The van der Waals surface area contributed by atoms with Crippen LogP contribution < -0.4 is 4.90 Å². The number of hydrogen-bond donors (Lipinski definition) is 2. The second-order valence-corrected chi connectivity index (χ2v) is 4.68. The molecule has 1 aromatic rings. The number of fused-ring (bicyclic) bond motifs is 1. The van der Waals surface area contributed by atoms with Gasteiger partial charge >= 0.3 is 6.09 Å². The molecule has 98 valence electrons. The second kappa shape index (κ2) is 5.87.